The maximum atomic E-state index is 4.98. The van der Waals surface area contributed by atoms with Gasteiger partial charge in [0, 0.05) is 62.3 Å². The number of benzene rings is 7. The van der Waals surface area contributed by atoms with E-state index in [1.165, 1.54) is 10.8 Å². The Hall–Kier alpha value is -7.37. The summed E-state index contributed by atoms with van der Waals surface area (Å²) in [5, 5.41) is 5.83. The molecule has 0 saturated carbocycles. The minimum atomic E-state index is 0.125. The zero-order valence-electron chi connectivity index (χ0n) is 30.1. The highest BCUT2D eigenvalue weighted by atomic mass is 15.1. The molecule has 55 heavy (non-hydrogen) atoms. The standard InChI is InChI=1S/C50H37N5/c1-5-15-37(16-6-1)53(38-17-7-2-8-18-38)42-29-31-49-44(33-42)45-34-43(54(39-19-9-3-10-20-39)40-21-11-4-12-22-40)30-32-50(45)55(49)41-27-25-36(26-28-41)48-35-51-46-23-13-14-24-47(46)52-48/h1-35,46,51H. The Balaban J connectivity index is 1.16. The van der Waals surface area contributed by atoms with Crippen LogP contribution in [0.2, 0.25) is 0 Å². The van der Waals surface area contributed by atoms with Gasteiger partial charge in [0.1, 0.15) is 0 Å². The molecule has 1 aliphatic heterocycles. The molecule has 7 aromatic carbocycles. The number of rotatable bonds is 8. The molecule has 2 heterocycles. The van der Waals surface area contributed by atoms with Crippen molar-refractivity contribution in [1.82, 2.24) is 9.88 Å². The molecule has 1 aliphatic carbocycles. The molecule has 5 heteroatoms. The Bertz CT molecular complexity index is 2540. The molecular weight excluding hydrogens is 671 g/mol. The number of nitrogens with zero attached hydrogens (tertiary/aromatic N) is 4. The van der Waals surface area contributed by atoms with Crippen molar-refractivity contribution in [2.45, 2.75) is 6.04 Å². The number of anilines is 6. The first kappa shape index (κ1) is 32.3. The molecule has 0 radical (unpaired) electrons. The summed E-state index contributed by atoms with van der Waals surface area (Å²) in [6, 6.07) is 65.0. The second-order valence-electron chi connectivity index (χ2n) is 13.8. The Morgan fingerprint density at radius 2 is 0.945 bits per heavy atom. The van der Waals surface area contributed by atoms with Crippen molar-refractivity contribution in [3.8, 4) is 5.69 Å². The van der Waals surface area contributed by atoms with Gasteiger partial charge in [-0.3, -0.25) is 0 Å². The van der Waals surface area contributed by atoms with Gasteiger partial charge in [0.15, 0.2) is 0 Å². The number of nitrogens with one attached hydrogen (secondary N) is 1. The second-order valence-corrected chi connectivity index (χ2v) is 13.8. The number of allylic oxidation sites excluding steroid dienone is 2. The molecule has 262 valence electrons. The predicted octanol–water partition coefficient (Wildman–Crippen LogP) is 12.6. The Morgan fingerprint density at radius 1 is 0.473 bits per heavy atom. The third kappa shape index (κ3) is 5.98. The molecule has 5 nitrogen and oxygen atoms in total. The van der Waals surface area contributed by atoms with E-state index in [2.05, 4.69) is 220 Å². The molecule has 0 bridgehead atoms. The van der Waals surface area contributed by atoms with Gasteiger partial charge in [-0.25, -0.2) is 4.99 Å². The van der Waals surface area contributed by atoms with Crippen molar-refractivity contribution in [2.24, 2.45) is 4.99 Å². The molecule has 0 saturated heterocycles. The van der Waals surface area contributed by atoms with Gasteiger partial charge in [-0.1, -0.05) is 103 Å². The van der Waals surface area contributed by atoms with Crippen LogP contribution in [0, 0.1) is 0 Å². The fourth-order valence-corrected chi connectivity index (χ4v) is 7.81. The van der Waals surface area contributed by atoms with Crippen LogP contribution in [0.3, 0.4) is 0 Å². The minimum Gasteiger partial charge on any atom is -0.377 e. The molecule has 0 amide bonds. The van der Waals surface area contributed by atoms with Crippen LogP contribution < -0.4 is 15.1 Å². The van der Waals surface area contributed by atoms with Crippen LogP contribution in [0.5, 0.6) is 0 Å². The van der Waals surface area contributed by atoms with Crippen LogP contribution >= 0.6 is 0 Å². The molecule has 1 aromatic heterocycles. The van der Waals surface area contributed by atoms with E-state index in [0.29, 0.717) is 0 Å². The minimum absolute atomic E-state index is 0.125. The lowest BCUT2D eigenvalue weighted by Gasteiger charge is -2.26. The van der Waals surface area contributed by atoms with Crippen LogP contribution in [0.15, 0.2) is 217 Å². The quantitative estimate of drug-likeness (QED) is 0.171. The maximum absolute atomic E-state index is 4.98. The number of fused-ring (bicyclic) bond motifs is 4. The van der Waals surface area contributed by atoms with Crippen LogP contribution in [0.4, 0.5) is 34.1 Å². The predicted molar refractivity (Wildman–Crippen MR) is 231 cm³/mol. The first-order chi connectivity index (χ1) is 27.3. The summed E-state index contributed by atoms with van der Waals surface area (Å²) >= 11 is 0. The molecule has 10 rings (SSSR count). The van der Waals surface area contributed by atoms with Crippen LogP contribution in [-0.4, -0.2) is 16.3 Å². The smallest absolute Gasteiger partial charge is 0.0869 e. The fourth-order valence-electron chi connectivity index (χ4n) is 7.81. The third-order valence-corrected chi connectivity index (χ3v) is 10.4. The summed E-state index contributed by atoms with van der Waals surface area (Å²) in [7, 11) is 0. The third-order valence-electron chi connectivity index (χ3n) is 10.4. The average molecular weight is 708 g/mol. The van der Waals surface area contributed by atoms with Crippen molar-refractivity contribution in [2.75, 3.05) is 9.80 Å². The Kier molecular flexibility index (Phi) is 8.15. The molecule has 1 N–H and O–H groups in total. The van der Waals surface area contributed by atoms with Crippen LogP contribution in [0.1, 0.15) is 5.56 Å². The van der Waals surface area contributed by atoms with Gasteiger partial charge in [0.05, 0.1) is 28.5 Å². The monoisotopic (exact) mass is 707 g/mol. The highest BCUT2D eigenvalue weighted by Gasteiger charge is 2.21. The van der Waals surface area contributed by atoms with Crippen molar-refractivity contribution in [1.29, 1.82) is 0 Å². The first-order valence-corrected chi connectivity index (χ1v) is 18.7. The average Bonchev–Trinajstić information content (AvgIpc) is 3.58. The SMILES string of the molecule is C1=CC2=NC(c3ccc(-n4c5ccc(N(c6ccccc6)c6ccccc6)cc5c5cc(N(c6ccccc6)c6ccccc6)ccc54)cc3)=CNC2C=C1. The highest BCUT2D eigenvalue weighted by Crippen LogP contribution is 2.42. The number of hydrogen-bond donors (Lipinski definition) is 1. The van der Waals surface area contributed by atoms with Crippen LogP contribution in [-0.2, 0) is 0 Å². The van der Waals surface area contributed by atoms with Gasteiger partial charge >= 0.3 is 0 Å². The zero-order valence-corrected chi connectivity index (χ0v) is 30.1. The Labute approximate surface area is 320 Å². The lowest BCUT2D eigenvalue weighted by Crippen LogP contribution is -2.34. The summed E-state index contributed by atoms with van der Waals surface area (Å²) < 4.78 is 2.39. The molecular formula is C50H37N5. The normalized spacial score (nSPS) is 14.6. The summed E-state index contributed by atoms with van der Waals surface area (Å²) in [4.78, 5) is 9.64. The molecule has 2 aliphatic rings. The van der Waals surface area contributed by atoms with E-state index in [-0.39, 0.29) is 6.04 Å². The highest BCUT2D eigenvalue weighted by molar-refractivity contribution is 6.12. The molecule has 0 fully saturated rings. The molecule has 0 spiro atoms. The number of para-hydroxylation sites is 4. The lowest BCUT2D eigenvalue weighted by molar-refractivity contribution is 0.862. The van der Waals surface area contributed by atoms with E-state index in [9.17, 15) is 0 Å². The molecule has 1 atom stereocenters. The zero-order chi connectivity index (χ0) is 36.6. The van der Waals surface area contributed by atoms with Crippen molar-refractivity contribution < 1.29 is 0 Å². The largest absolute Gasteiger partial charge is 0.377 e. The maximum Gasteiger partial charge on any atom is 0.0869 e. The number of aliphatic imine (C=N–C) groups is 1. The number of hydrogen-bond acceptors (Lipinski definition) is 4. The summed E-state index contributed by atoms with van der Waals surface area (Å²) in [5.74, 6) is 0. The fraction of sp³-hybridized carbons (Fsp3) is 0.0200. The van der Waals surface area contributed by atoms with E-state index in [1.54, 1.807) is 0 Å². The van der Waals surface area contributed by atoms with Gasteiger partial charge in [-0.2, -0.15) is 0 Å². The van der Waals surface area contributed by atoms with Gasteiger partial charge in [0.2, 0.25) is 0 Å². The van der Waals surface area contributed by atoms with E-state index < -0.39 is 0 Å². The van der Waals surface area contributed by atoms with Crippen molar-refractivity contribution in [3.05, 3.63) is 218 Å². The van der Waals surface area contributed by atoms with Crippen LogP contribution in [0.25, 0.3) is 33.2 Å². The van der Waals surface area contributed by atoms with Gasteiger partial charge in [-0.05, 0) is 103 Å². The van der Waals surface area contributed by atoms with Crippen molar-refractivity contribution >= 4 is 67.3 Å². The van der Waals surface area contributed by atoms with E-state index in [4.69, 9.17) is 4.99 Å². The topological polar surface area (TPSA) is 35.8 Å². The van der Waals surface area contributed by atoms with E-state index in [1.807, 2.05) is 12.3 Å². The molecule has 1 unspecified atom stereocenters. The molecule has 8 aromatic rings. The van der Waals surface area contributed by atoms with Gasteiger partial charge in [-0.15, -0.1) is 0 Å². The first-order valence-electron chi connectivity index (χ1n) is 18.7. The van der Waals surface area contributed by atoms with E-state index >= 15 is 0 Å². The van der Waals surface area contributed by atoms with Crippen molar-refractivity contribution in [3.63, 3.8) is 0 Å². The number of aromatic nitrogens is 1. The second kappa shape index (κ2) is 13.9. The summed E-state index contributed by atoms with van der Waals surface area (Å²) in [6.07, 6.45) is 10.3. The Morgan fingerprint density at radius 3 is 1.42 bits per heavy atom. The van der Waals surface area contributed by atoms with Gasteiger partial charge in [0.25, 0.3) is 0 Å². The van der Waals surface area contributed by atoms with E-state index in [0.717, 1.165) is 67.8 Å². The summed E-state index contributed by atoms with van der Waals surface area (Å²) in [6.45, 7) is 0. The summed E-state index contributed by atoms with van der Waals surface area (Å²) in [5.41, 5.74) is 13.0. The lowest BCUT2D eigenvalue weighted by atomic mass is 10.0. The van der Waals surface area contributed by atoms with Gasteiger partial charge < -0.3 is 19.7 Å².